The van der Waals surface area contributed by atoms with Crippen molar-refractivity contribution in [2.45, 2.75) is 64.3 Å². The monoisotopic (exact) mass is 238 g/mol. The van der Waals surface area contributed by atoms with E-state index in [1.54, 1.807) is 0 Å². The second kappa shape index (κ2) is 5.71. The Bertz CT molecular complexity index is 241. The third-order valence-electron chi connectivity index (χ3n) is 5.38. The van der Waals surface area contributed by atoms with Crippen LogP contribution < -0.4 is 5.73 Å². The first-order valence-corrected chi connectivity index (χ1v) is 7.68. The summed E-state index contributed by atoms with van der Waals surface area (Å²) in [6.45, 7) is 8.22. The van der Waals surface area contributed by atoms with E-state index in [9.17, 15) is 0 Å². The van der Waals surface area contributed by atoms with Crippen molar-refractivity contribution in [2.75, 3.05) is 19.6 Å². The fourth-order valence-electron chi connectivity index (χ4n) is 4.18. The molecule has 1 saturated carbocycles. The summed E-state index contributed by atoms with van der Waals surface area (Å²) in [4.78, 5) is 2.76. The average Bonchev–Trinajstić information content (AvgIpc) is 2.80. The highest BCUT2D eigenvalue weighted by atomic mass is 15.2. The molecule has 17 heavy (non-hydrogen) atoms. The molecular formula is C15H30N2. The molecule has 3 unspecified atom stereocenters. The van der Waals surface area contributed by atoms with Gasteiger partial charge in [-0.1, -0.05) is 33.1 Å². The first-order valence-electron chi connectivity index (χ1n) is 7.68. The molecule has 2 fully saturated rings. The van der Waals surface area contributed by atoms with Gasteiger partial charge >= 0.3 is 0 Å². The predicted octanol–water partition coefficient (Wildman–Crippen LogP) is 3.02. The Kier molecular flexibility index (Phi) is 4.48. The van der Waals surface area contributed by atoms with Crippen LogP contribution in [-0.4, -0.2) is 30.1 Å². The van der Waals surface area contributed by atoms with Crippen LogP contribution in [0.2, 0.25) is 0 Å². The molecule has 2 rings (SSSR count). The van der Waals surface area contributed by atoms with Gasteiger partial charge in [-0.15, -0.1) is 0 Å². The zero-order chi connectivity index (χ0) is 12.3. The molecule has 2 nitrogen and oxygen atoms in total. The Morgan fingerprint density at radius 1 is 1.29 bits per heavy atom. The van der Waals surface area contributed by atoms with Gasteiger partial charge in [-0.05, 0) is 44.1 Å². The molecule has 0 radical (unpaired) electrons. The SMILES string of the molecule is CCCC1CCN(C2(CN)CCCCC2C)C1. The van der Waals surface area contributed by atoms with E-state index in [-0.39, 0.29) is 0 Å². The van der Waals surface area contributed by atoms with Gasteiger partial charge in [0.25, 0.3) is 0 Å². The number of nitrogens with two attached hydrogens (primary N) is 1. The van der Waals surface area contributed by atoms with E-state index in [0.29, 0.717) is 5.54 Å². The lowest BCUT2D eigenvalue weighted by atomic mass is 9.72. The fourth-order valence-corrected chi connectivity index (χ4v) is 4.18. The van der Waals surface area contributed by atoms with Gasteiger partial charge in [0.2, 0.25) is 0 Å². The first kappa shape index (κ1) is 13.4. The van der Waals surface area contributed by atoms with E-state index in [1.165, 1.54) is 58.0 Å². The molecule has 1 heterocycles. The summed E-state index contributed by atoms with van der Waals surface area (Å²) in [5.74, 6) is 1.74. The van der Waals surface area contributed by atoms with E-state index in [1.807, 2.05) is 0 Å². The second-order valence-corrected chi connectivity index (χ2v) is 6.34. The molecule has 1 saturated heterocycles. The smallest absolute Gasteiger partial charge is 0.0357 e. The zero-order valence-corrected chi connectivity index (χ0v) is 11.8. The van der Waals surface area contributed by atoms with Crippen molar-refractivity contribution in [2.24, 2.45) is 17.6 Å². The molecule has 0 bridgehead atoms. The minimum Gasteiger partial charge on any atom is -0.329 e. The van der Waals surface area contributed by atoms with Gasteiger partial charge in [0.05, 0.1) is 0 Å². The van der Waals surface area contributed by atoms with Crippen LogP contribution >= 0.6 is 0 Å². The molecule has 2 N–H and O–H groups in total. The summed E-state index contributed by atoms with van der Waals surface area (Å²) in [7, 11) is 0. The molecule has 2 aliphatic rings. The van der Waals surface area contributed by atoms with E-state index in [2.05, 4.69) is 18.7 Å². The van der Waals surface area contributed by atoms with Gasteiger partial charge in [-0.2, -0.15) is 0 Å². The largest absolute Gasteiger partial charge is 0.329 e. The van der Waals surface area contributed by atoms with Crippen molar-refractivity contribution in [3.63, 3.8) is 0 Å². The van der Waals surface area contributed by atoms with Gasteiger partial charge in [0.15, 0.2) is 0 Å². The van der Waals surface area contributed by atoms with Gasteiger partial charge in [-0.3, -0.25) is 4.90 Å². The van der Waals surface area contributed by atoms with Crippen LogP contribution in [0.5, 0.6) is 0 Å². The standard InChI is InChI=1S/C15H30N2/c1-3-6-14-8-10-17(11-14)15(12-16)9-5-4-7-13(15)2/h13-14H,3-12,16H2,1-2H3. The minimum absolute atomic E-state index is 0.348. The average molecular weight is 238 g/mol. The number of likely N-dealkylation sites (tertiary alicyclic amines) is 1. The highest BCUT2D eigenvalue weighted by Crippen LogP contribution is 2.40. The number of hydrogen-bond acceptors (Lipinski definition) is 2. The topological polar surface area (TPSA) is 29.3 Å². The number of nitrogens with zero attached hydrogens (tertiary/aromatic N) is 1. The summed E-state index contributed by atoms with van der Waals surface area (Å²) >= 11 is 0. The molecule has 0 spiro atoms. The summed E-state index contributed by atoms with van der Waals surface area (Å²) in [5.41, 5.74) is 6.53. The van der Waals surface area contributed by atoms with Gasteiger partial charge in [0.1, 0.15) is 0 Å². The van der Waals surface area contributed by atoms with Crippen LogP contribution in [0.25, 0.3) is 0 Å². The molecule has 0 aromatic rings. The Labute approximate surface area is 107 Å². The lowest BCUT2D eigenvalue weighted by molar-refractivity contribution is 0.0287. The van der Waals surface area contributed by atoms with Gasteiger partial charge < -0.3 is 5.73 Å². The maximum absolute atomic E-state index is 6.19. The predicted molar refractivity (Wildman–Crippen MR) is 74.0 cm³/mol. The summed E-state index contributed by atoms with van der Waals surface area (Å²) in [6.07, 6.45) is 9.67. The Morgan fingerprint density at radius 2 is 2.12 bits per heavy atom. The quantitative estimate of drug-likeness (QED) is 0.816. The Morgan fingerprint density at radius 3 is 2.76 bits per heavy atom. The van der Waals surface area contributed by atoms with E-state index in [0.717, 1.165) is 18.4 Å². The molecule has 100 valence electrons. The van der Waals surface area contributed by atoms with Crippen molar-refractivity contribution in [1.29, 1.82) is 0 Å². The van der Waals surface area contributed by atoms with E-state index < -0.39 is 0 Å². The van der Waals surface area contributed by atoms with Crippen LogP contribution in [-0.2, 0) is 0 Å². The van der Waals surface area contributed by atoms with E-state index in [4.69, 9.17) is 5.73 Å². The normalized spacial score (nSPS) is 39.7. The number of hydrogen-bond donors (Lipinski definition) is 1. The lowest BCUT2D eigenvalue weighted by Crippen LogP contribution is -2.58. The molecule has 3 atom stereocenters. The van der Waals surface area contributed by atoms with Gasteiger partial charge in [0, 0.05) is 18.6 Å². The Hall–Kier alpha value is -0.0800. The zero-order valence-electron chi connectivity index (χ0n) is 11.8. The molecule has 1 aliphatic heterocycles. The second-order valence-electron chi connectivity index (χ2n) is 6.34. The minimum atomic E-state index is 0.348. The molecule has 0 aromatic carbocycles. The molecule has 2 heteroatoms. The first-order chi connectivity index (χ1) is 8.23. The summed E-state index contributed by atoms with van der Waals surface area (Å²) in [6, 6.07) is 0. The molecular weight excluding hydrogens is 208 g/mol. The van der Waals surface area contributed by atoms with Crippen LogP contribution in [0, 0.1) is 11.8 Å². The summed E-state index contributed by atoms with van der Waals surface area (Å²) < 4.78 is 0. The summed E-state index contributed by atoms with van der Waals surface area (Å²) in [5, 5.41) is 0. The van der Waals surface area contributed by atoms with Crippen LogP contribution in [0.3, 0.4) is 0 Å². The fraction of sp³-hybridized carbons (Fsp3) is 1.00. The maximum Gasteiger partial charge on any atom is 0.0357 e. The molecule has 0 amide bonds. The molecule has 0 aromatic heterocycles. The van der Waals surface area contributed by atoms with Crippen molar-refractivity contribution in [3.05, 3.63) is 0 Å². The van der Waals surface area contributed by atoms with Crippen LogP contribution in [0.1, 0.15) is 58.8 Å². The third kappa shape index (κ3) is 2.53. The highest BCUT2D eigenvalue weighted by molar-refractivity contribution is 5.00. The molecule has 1 aliphatic carbocycles. The highest BCUT2D eigenvalue weighted by Gasteiger charge is 2.44. The van der Waals surface area contributed by atoms with Gasteiger partial charge in [-0.25, -0.2) is 0 Å². The van der Waals surface area contributed by atoms with Crippen molar-refractivity contribution >= 4 is 0 Å². The third-order valence-corrected chi connectivity index (χ3v) is 5.38. The van der Waals surface area contributed by atoms with E-state index >= 15 is 0 Å². The van der Waals surface area contributed by atoms with Crippen LogP contribution in [0.15, 0.2) is 0 Å². The van der Waals surface area contributed by atoms with Crippen LogP contribution in [0.4, 0.5) is 0 Å². The van der Waals surface area contributed by atoms with Crippen molar-refractivity contribution in [3.8, 4) is 0 Å². The lowest BCUT2D eigenvalue weighted by Gasteiger charge is -2.49. The van der Waals surface area contributed by atoms with Crippen molar-refractivity contribution < 1.29 is 0 Å². The Balaban J connectivity index is 2.03. The maximum atomic E-state index is 6.19. The van der Waals surface area contributed by atoms with Crippen molar-refractivity contribution in [1.82, 2.24) is 4.90 Å². The number of rotatable bonds is 4.